The van der Waals surface area contributed by atoms with Crippen molar-refractivity contribution >= 4 is 48.4 Å². The number of hydrogen-bond acceptors (Lipinski definition) is 0. The van der Waals surface area contributed by atoms with Gasteiger partial charge in [0.1, 0.15) is 0 Å². The fraction of sp³-hybridized carbons (Fsp3) is 0.444. The summed E-state index contributed by atoms with van der Waals surface area (Å²) in [5.74, 6) is 0. The van der Waals surface area contributed by atoms with E-state index < -0.39 is 0 Å². The average molecular weight is 462 g/mol. The summed E-state index contributed by atoms with van der Waals surface area (Å²) in [6.07, 6.45) is 2.43. The minimum atomic E-state index is -0.102. The van der Waals surface area contributed by atoms with E-state index in [2.05, 4.69) is 58.0 Å². The molecule has 0 bridgehead atoms. The van der Waals surface area contributed by atoms with Gasteiger partial charge in [0.15, 0.2) is 0 Å². The third-order valence-corrected chi connectivity index (χ3v) is 7.31. The predicted octanol–water partition coefficient (Wildman–Crippen LogP) is -1.71. The number of benzene rings is 2. The molecule has 0 amide bonds. The van der Waals surface area contributed by atoms with Crippen LogP contribution < -0.4 is 30.1 Å². The molecule has 0 aromatic heterocycles. The van der Waals surface area contributed by atoms with Gasteiger partial charge in [-0.3, -0.25) is 0 Å². The first-order chi connectivity index (χ1) is 9.09. The summed E-state index contributed by atoms with van der Waals surface area (Å²) in [7, 11) is -0.102. The number of halogens is 2. The fourth-order valence-electron chi connectivity index (χ4n) is 3.51. The van der Waals surface area contributed by atoms with Gasteiger partial charge in [-0.1, -0.05) is 59.9 Å². The Morgan fingerprint density at radius 3 is 2.00 bits per heavy atom. The van der Waals surface area contributed by atoms with E-state index in [1.54, 1.807) is 5.30 Å². The molecule has 0 atom stereocenters. The van der Waals surface area contributed by atoms with Gasteiger partial charge in [0.05, 0.1) is 0 Å². The second-order valence-electron chi connectivity index (χ2n) is 6.09. The third kappa shape index (κ3) is 3.95. The van der Waals surface area contributed by atoms with Gasteiger partial charge in [0, 0.05) is 24.4 Å². The molecule has 0 saturated heterocycles. The van der Waals surface area contributed by atoms with Crippen molar-refractivity contribution in [3.8, 4) is 0 Å². The van der Waals surface area contributed by atoms with Crippen molar-refractivity contribution in [1.29, 1.82) is 0 Å². The molecule has 0 nitrogen and oxygen atoms in total. The van der Waals surface area contributed by atoms with Crippen LogP contribution in [0.5, 0.6) is 0 Å². The van der Waals surface area contributed by atoms with Gasteiger partial charge in [-0.25, -0.2) is 0 Å². The zero-order chi connectivity index (χ0) is 13.6. The Morgan fingerprint density at radius 1 is 0.909 bits per heavy atom. The van der Waals surface area contributed by atoms with E-state index in [-0.39, 0.29) is 57.2 Å². The molecule has 0 saturated carbocycles. The molecule has 2 aromatic rings. The molecule has 4 radical (unpaired) electrons. The summed E-state index contributed by atoms with van der Waals surface area (Å²) in [5.41, 5.74) is 4.55. The first-order valence-corrected chi connectivity index (χ1v) is 8.81. The molecule has 2 aromatic carbocycles. The van der Waals surface area contributed by atoms with Crippen molar-refractivity contribution < 1.29 is 24.8 Å². The first kappa shape index (κ1) is 22.5. The van der Waals surface area contributed by atoms with Crippen LogP contribution in [0.15, 0.2) is 24.3 Å². The second-order valence-corrected chi connectivity index (χ2v) is 9.45. The normalized spacial score (nSPS) is 12.3. The van der Waals surface area contributed by atoms with Crippen LogP contribution in [-0.2, 0) is 12.8 Å². The van der Waals surface area contributed by atoms with Crippen molar-refractivity contribution in [3.05, 3.63) is 41.5 Å². The maximum Gasteiger partial charge on any atom is 0 e. The van der Waals surface area contributed by atoms with Gasteiger partial charge in [-0.15, -0.1) is 0 Å². The third-order valence-electron chi connectivity index (χ3n) is 4.16. The zero-order valence-electron chi connectivity index (χ0n) is 13.5. The summed E-state index contributed by atoms with van der Waals surface area (Å²) in [5, 5.41) is 4.51. The van der Waals surface area contributed by atoms with Crippen LogP contribution in [-0.4, -0.2) is 35.7 Å². The molecule has 0 N–H and O–H groups in total. The molecule has 1 aliphatic rings. The molecule has 22 heavy (non-hydrogen) atoms. The van der Waals surface area contributed by atoms with Crippen LogP contribution >= 0.6 is 7.92 Å². The van der Waals surface area contributed by atoms with E-state index in [4.69, 9.17) is 0 Å². The predicted molar refractivity (Wildman–Crippen MR) is 92.8 cm³/mol. The molecular weight excluding hydrogens is 440 g/mol. The van der Waals surface area contributed by atoms with Crippen LogP contribution in [0.3, 0.4) is 0 Å². The van der Waals surface area contributed by atoms with Gasteiger partial charge >= 0.3 is 0 Å². The van der Waals surface area contributed by atoms with Gasteiger partial charge in [-0.2, -0.15) is 0 Å². The Morgan fingerprint density at radius 2 is 1.45 bits per heavy atom. The van der Waals surface area contributed by atoms with Crippen molar-refractivity contribution in [1.82, 2.24) is 0 Å². The molecule has 3 rings (SSSR count). The van der Waals surface area contributed by atoms with E-state index in [1.807, 2.05) is 0 Å². The standard InChI is InChI=1S/C18H22P.2ClH.Sb/c1-12(2)19(13(3)4)17-11-10-15-9-8-14-6-5-7-16(17)18(14)15;;;/h5-6,10-13H,8-9H2,1-4H3;2*1H;/p-2. The maximum atomic E-state index is 3.55. The molecule has 120 valence electrons. The SMILES string of the molecule is CC(C)P(c1ccc2c3c(cc[c]c13)CC2)C(C)C.[Cl-].[Cl-].[Sb]. The Labute approximate surface area is 165 Å². The molecule has 0 heterocycles. The average Bonchev–Trinajstić information content (AvgIpc) is 2.77. The summed E-state index contributed by atoms with van der Waals surface area (Å²) in [6.45, 7) is 9.48. The van der Waals surface area contributed by atoms with Crippen molar-refractivity contribution in [3.63, 3.8) is 0 Å². The summed E-state index contributed by atoms with van der Waals surface area (Å²) >= 11 is 0. The second kappa shape index (κ2) is 9.13. The minimum absolute atomic E-state index is 0. The Balaban J connectivity index is 0.00000147. The molecule has 0 fully saturated rings. The van der Waals surface area contributed by atoms with E-state index >= 15 is 0 Å². The molecule has 4 heteroatoms. The van der Waals surface area contributed by atoms with E-state index in [0.29, 0.717) is 0 Å². The van der Waals surface area contributed by atoms with Crippen LogP contribution in [0, 0.1) is 6.07 Å². The molecule has 0 aliphatic heterocycles. The quantitative estimate of drug-likeness (QED) is 0.377. The molecular formula is C18H22Cl2PSb-2. The van der Waals surface area contributed by atoms with Gasteiger partial charge in [-0.05, 0) is 57.4 Å². The number of hydrogen-bond donors (Lipinski definition) is 0. The Kier molecular flexibility index (Phi) is 9.35. The number of aryl methyl sites for hydroxylation is 2. The van der Waals surface area contributed by atoms with Crippen molar-refractivity contribution in [2.45, 2.75) is 51.9 Å². The Hall–Kier alpha value is 0.528. The van der Waals surface area contributed by atoms with Gasteiger partial charge < -0.3 is 24.8 Å². The van der Waals surface area contributed by atoms with Crippen molar-refractivity contribution in [2.24, 2.45) is 0 Å². The van der Waals surface area contributed by atoms with E-state index in [1.165, 1.54) is 34.7 Å². The topological polar surface area (TPSA) is 0 Å². The zero-order valence-corrected chi connectivity index (χ0v) is 18.5. The van der Waals surface area contributed by atoms with Gasteiger partial charge in [0.2, 0.25) is 0 Å². The molecule has 1 aliphatic carbocycles. The van der Waals surface area contributed by atoms with Crippen LogP contribution in [0.2, 0.25) is 0 Å². The van der Waals surface area contributed by atoms with E-state index in [9.17, 15) is 0 Å². The molecule has 0 unspecified atom stereocenters. The smallest absolute Gasteiger partial charge is 0 e. The first-order valence-electron chi connectivity index (χ1n) is 7.33. The summed E-state index contributed by atoms with van der Waals surface area (Å²) in [6, 6.07) is 12.7. The van der Waals surface area contributed by atoms with Crippen molar-refractivity contribution in [2.75, 3.05) is 0 Å². The summed E-state index contributed by atoms with van der Waals surface area (Å²) < 4.78 is 0. The van der Waals surface area contributed by atoms with Crippen LogP contribution in [0.25, 0.3) is 10.8 Å². The molecule has 0 spiro atoms. The minimum Gasteiger partial charge on any atom is -1.00 e. The largest absolute Gasteiger partial charge is 1.00 e. The monoisotopic (exact) mass is 460 g/mol. The van der Waals surface area contributed by atoms with E-state index in [0.717, 1.165) is 11.3 Å². The number of rotatable bonds is 3. The Bertz CT molecular complexity index is 608. The van der Waals surface area contributed by atoms with Crippen LogP contribution in [0.4, 0.5) is 0 Å². The fourth-order valence-corrected chi connectivity index (χ4v) is 6.50. The maximum absolute atomic E-state index is 3.55. The van der Waals surface area contributed by atoms with Gasteiger partial charge in [0.25, 0.3) is 0 Å². The summed E-state index contributed by atoms with van der Waals surface area (Å²) in [4.78, 5) is 0. The van der Waals surface area contributed by atoms with Crippen LogP contribution in [0.1, 0.15) is 38.8 Å².